The van der Waals surface area contributed by atoms with Crippen molar-refractivity contribution >= 4 is 33.7 Å². The van der Waals surface area contributed by atoms with Gasteiger partial charge in [0.25, 0.3) is 5.91 Å². The van der Waals surface area contributed by atoms with E-state index in [1.165, 1.54) is 0 Å². The van der Waals surface area contributed by atoms with Gasteiger partial charge in [0.1, 0.15) is 0 Å². The Balaban J connectivity index is 1.77. The molecule has 1 N–H and O–H groups in total. The van der Waals surface area contributed by atoms with Crippen molar-refractivity contribution in [2.24, 2.45) is 5.92 Å². The second-order valence-corrected chi connectivity index (χ2v) is 7.27. The average Bonchev–Trinajstić information content (AvgIpc) is 3.43. The summed E-state index contributed by atoms with van der Waals surface area (Å²) in [5.41, 5.74) is 0.554. The molecule has 1 aromatic carbocycles. The van der Waals surface area contributed by atoms with E-state index in [1.54, 1.807) is 36.1 Å². The summed E-state index contributed by atoms with van der Waals surface area (Å²) in [7, 11) is 0. The van der Waals surface area contributed by atoms with E-state index in [-0.39, 0.29) is 37.2 Å². The number of esters is 1. The highest BCUT2D eigenvalue weighted by atomic mass is 79.9. The van der Waals surface area contributed by atoms with Crippen molar-refractivity contribution in [2.75, 3.05) is 26.2 Å². The lowest BCUT2D eigenvalue weighted by Crippen LogP contribution is -2.37. The summed E-state index contributed by atoms with van der Waals surface area (Å²) in [6.45, 7) is 3.43. The minimum atomic E-state index is -0.287. The highest BCUT2D eigenvalue weighted by Crippen LogP contribution is 2.29. The summed E-state index contributed by atoms with van der Waals surface area (Å²) in [5.74, 6) is 0.00557. The number of halogens is 1. The number of amides is 2. The summed E-state index contributed by atoms with van der Waals surface area (Å²) in [6.07, 6.45) is 2.68. The molecule has 1 aromatic rings. The Hall–Kier alpha value is -1.89. The monoisotopic (exact) mass is 424 g/mol. The summed E-state index contributed by atoms with van der Waals surface area (Å²) in [6, 6.07) is 7.04. The average molecular weight is 425 g/mol. The van der Waals surface area contributed by atoms with Gasteiger partial charge >= 0.3 is 5.97 Å². The van der Waals surface area contributed by atoms with Gasteiger partial charge in [-0.2, -0.15) is 0 Å². The number of nitrogens with one attached hydrogen (secondary N) is 1. The van der Waals surface area contributed by atoms with Crippen molar-refractivity contribution in [1.29, 1.82) is 0 Å². The van der Waals surface area contributed by atoms with E-state index in [4.69, 9.17) is 4.74 Å². The topological polar surface area (TPSA) is 75.7 Å². The van der Waals surface area contributed by atoms with Crippen LogP contribution in [0.4, 0.5) is 0 Å². The first-order valence-electron chi connectivity index (χ1n) is 8.96. The Kier molecular flexibility index (Phi) is 8.09. The zero-order valence-corrected chi connectivity index (χ0v) is 16.6. The third-order valence-corrected chi connectivity index (χ3v) is 4.68. The lowest BCUT2D eigenvalue weighted by atomic mass is 10.2. The largest absolute Gasteiger partial charge is 0.466 e. The molecule has 0 radical (unpaired) electrons. The number of hydrogen-bond acceptors (Lipinski definition) is 4. The Morgan fingerprint density at radius 2 is 1.88 bits per heavy atom. The Bertz CT molecular complexity index is 629. The molecule has 7 heteroatoms. The van der Waals surface area contributed by atoms with Crippen molar-refractivity contribution in [3.05, 3.63) is 34.3 Å². The minimum absolute atomic E-state index is 0.0442. The molecular weight excluding hydrogens is 400 g/mol. The van der Waals surface area contributed by atoms with E-state index in [9.17, 15) is 14.4 Å². The molecule has 0 atom stereocenters. The number of rotatable bonds is 10. The molecule has 0 spiro atoms. The molecule has 142 valence electrons. The SMILES string of the molecule is CCOC(=O)CCN(CC1CC1)C(=O)CCNC(=O)c1ccc(Br)cc1. The van der Waals surface area contributed by atoms with Crippen LogP contribution in [0.5, 0.6) is 0 Å². The van der Waals surface area contributed by atoms with Crippen molar-refractivity contribution in [2.45, 2.75) is 32.6 Å². The third kappa shape index (κ3) is 7.15. The fourth-order valence-electron chi connectivity index (χ4n) is 2.53. The first-order valence-corrected chi connectivity index (χ1v) is 9.76. The van der Waals surface area contributed by atoms with Crippen LogP contribution >= 0.6 is 15.9 Å². The molecule has 0 bridgehead atoms. The predicted octanol–water partition coefficient (Wildman–Crippen LogP) is 2.76. The van der Waals surface area contributed by atoms with Gasteiger partial charge in [-0.25, -0.2) is 0 Å². The van der Waals surface area contributed by atoms with Crippen molar-refractivity contribution in [1.82, 2.24) is 10.2 Å². The van der Waals surface area contributed by atoms with Gasteiger partial charge < -0.3 is 15.0 Å². The summed E-state index contributed by atoms with van der Waals surface area (Å²) in [5, 5.41) is 2.76. The normalized spacial score (nSPS) is 13.2. The maximum atomic E-state index is 12.5. The second-order valence-electron chi connectivity index (χ2n) is 6.35. The quantitative estimate of drug-likeness (QED) is 0.585. The van der Waals surface area contributed by atoms with Crippen molar-refractivity contribution in [3.63, 3.8) is 0 Å². The van der Waals surface area contributed by atoms with E-state index in [2.05, 4.69) is 21.2 Å². The fourth-order valence-corrected chi connectivity index (χ4v) is 2.80. The lowest BCUT2D eigenvalue weighted by molar-refractivity contribution is -0.144. The minimum Gasteiger partial charge on any atom is -0.466 e. The Morgan fingerprint density at radius 1 is 1.19 bits per heavy atom. The van der Waals surface area contributed by atoms with E-state index >= 15 is 0 Å². The number of carbonyl (C=O) groups excluding carboxylic acids is 3. The van der Waals surface area contributed by atoms with Crippen LogP contribution in [0.15, 0.2) is 28.7 Å². The van der Waals surface area contributed by atoms with Gasteiger partial charge in [0, 0.05) is 36.1 Å². The maximum Gasteiger partial charge on any atom is 0.307 e. The molecule has 1 saturated carbocycles. The van der Waals surface area contributed by atoms with Crippen LogP contribution in [0.1, 0.15) is 43.0 Å². The molecule has 1 aliphatic carbocycles. The Labute approximate surface area is 162 Å². The van der Waals surface area contributed by atoms with E-state index in [0.717, 1.165) is 17.3 Å². The first kappa shape index (κ1) is 20.4. The number of hydrogen-bond donors (Lipinski definition) is 1. The molecular formula is C19H25BrN2O4. The smallest absolute Gasteiger partial charge is 0.307 e. The van der Waals surface area contributed by atoms with Gasteiger partial charge in [-0.3, -0.25) is 14.4 Å². The maximum absolute atomic E-state index is 12.5. The van der Waals surface area contributed by atoms with Crippen LogP contribution in [0.3, 0.4) is 0 Å². The molecule has 1 aliphatic rings. The van der Waals surface area contributed by atoms with E-state index < -0.39 is 0 Å². The lowest BCUT2D eigenvalue weighted by Gasteiger charge is -2.22. The zero-order chi connectivity index (χ0) is 18.9. The van der Waals surface area contributed by atoms with Gasteiger partial charge in [0.2, 0.25) is 5.91 Å². The predicted molar refractivity (Wildman–Crippen MR) is 102 cm³/mol. The molecule has 2 rings (SSSR count). The molecule has 6 nitrogen and oxygen atoms in total. The van der Waals surface area contributed by atoms with Crippen LogP contribution in [0.25, 0.3) is 0 Å². The summed E-state index contributed by atoms with van der Waals surface area (Å²) in [4.78, 5) is 37.8. The molecule has 0 unspecified atom stereocenters. The molecule has 1 fully saturated rings. The molecule has 0 heterocycles. The zero-order valence-electron chi connectivity index (χ0n) is 15.0. The fraction of sp³-hybridized carbons (Fsp3) is 0.526. The molecule has 0 aliphatic heterocycles. The summed E-state index contributed by atoms with van der Waals surface area (Å²) >= 11 is 3.33. The molecule has 0 saturated heterocycles. The third-order valence-electron chi connectivity index (χ3n) is 4.15. The van der Waals surface area contributed by atoms with Gasteiger partial charge in [0.15, 0.2) is 0 Å². The van der Waals surface area contributed by atoms with Gasteiger partial charge in [0.05, 0.1) is 13.0 Å². The van der Waals surface area contributed by atoms with Crippen LogP contribution in [0.2, 0.25) is 0 Å². The number of carbonyl (C=O) groups is 3. The van der Waals surface area contributed by atoms with Crippen LogP contribution in [-0.4, -0.2) is 48.9 Å². The van der Waals surface area contributed by atoms with Crippen molar-refractivity contribution in [3.8, 4) is 0 Å². The van der Waals surface area contributed by atoms with Gasteiger partial charge in [-0.1, -0.05) is 15.9 Å². The van der Waals surface area contributed by atoms with E-state index in [1.807, 2.05) is 0 Å². The van der Waals surface area contributed by atoms with Crippen LogP contribution in [-0.2, 0) is 14.3 Å². The highest BCUT2D eigenvalue weighted by molar-refractivity contribution is 9.10. The standard InChI is InChI=1S/C19H25BrN2O4/c1-2-26-18(24)10-12-22(13-14-3-4-14)17(23)9-11-21-19(25)15-5-7-16(20)8-6-15/h5-8,14H,2-4,9-13H2,1H3,(H,21,25). The molecule has 26 heavy (non-hydrogen) atoms. The second kappa shape index (κ2) is 10.3. The van der Waals surface area contributed by atoms with Crippen LogP contribution in [0, 0.1) is 5.92 Å². The van der Waals surface area contributed by atoms with Gasteiger partial charge in [-0.15, -0.1) is 0 Å². The molecule has 0 aromatic heterocycles. The van der Waals surface area contributed by atoms with Crippen LogP contribution < -0.4 is 5.32 Å². The molecule has 2 amide bonds. The number of nitrogens with zero attached hydrogens (tertiary/aromatic N) is 1. The van der Waals surface area contributed by atoms with E-state index in [0.29, 0.717) is 31.2 Å². The summed E-state index contributed by atoms with van der Waals surface area (Å²) < 4.78 is 5.83. The highest BCUT2D eigenvalue weighted by Gasteiger charge is 2.27. The number of ether oxygens (including phenoxy) is 1. The van der Waals surface area contributed by atoms with Gasteiger partial charge in [-0.05, 0) is 49.9 Å². The first-order chi connectivity index (χ1) is 12.5. The Morgan fingerprint density at radius 3 is 2.50 bits per heavy atom. The van der Waals surface area contributed by atoms with Crippen molar-refractivity contribution < 1.29 is 19.1 Å². The number of benzene rings is 1.